The Morgan fingerprint density at radius 2 is 1.41 bits per heavy atom. The molecule has 0 unspecified atom stereocenters. The van der Waals surface area contributed by atoms with Crippen molar-refractivity contribution in [2.75, 3.05) is 26.2 Å². The van der Waals surface area contributed by atoms with E-state index >= 15 is 0 Å². The smallest absolute Gasteiger partial charge is 0.351 e. The number of rotatable bonds is 2. The van der Waals surface area contributed by atoms with E-state index in [1.54, 1.807) is 0 Å². The molecule has 100 valence electrons. The summed E-state index contributed by atoms with van der Waals surface area (Å²) in [7, 11) is -2.94. The predicted octanol–water partition coefficient (Wildman–Crippen LogP) is 1.00. The molecule has 0 aromatic carbocycles. The standard InChI is InChI=1S/C11H23NO4Si/c1-5-13-17-14-9(2)6-12(7-10(3)15-17)8-11(4)16-17/h9-11H,5-8H2,1-4H3/t9-,10-,11+/m1/s1. The van der Waals surface area contributed by atoms with Crippen molar-refractivity contribution < 1.29 is 17.7 Å². The normalized spacial score (nSPS) is 47.3. The molecule has 0 spiro atoms. The Kier molecular flexibility index (Phi) is 4.22. The minimum atomic E-state index is -2.94. The van der Waals surface area contributed by atoms with Gasteiger partial charge in [-0.3, -0.25) is 4.90 Å². The summed E-state index contributed by atoms with van der Waals surface area (Å²) < 4.78 is 23.6. The van der Waals surface area contributed by atoms with Gasteiger partial charge in [-0.15, -0.1) is 0 Å². The van der Waals surface area contributed by atoms with Gasteiger partial charge in [-0.2, -0.15) is 0 Å². The maximum atomic E-state index is 5.96. The molecule has 0 N–H and O–H groups in total. The number of nitrogens with zero attached hydrogens (tertiary/aromatic N) is 1. The molecular weight excluding hydrogens is 238 g/mol. The summed E-state index contributed by atoms with van der Waals surface area (Å²) >= 11 is 0. The van der Waals surface area contributed by atoms with E-state index < -0.39 is 9.05 Å². The molecule has 3 aliphatic rings. The Balaban J connectivity index is 2.22. The minimum Gasteiger partial charge on any atom is -0.351 e. The Hall–Kier alpha value is 0.0169. The third kappa shape index (κ3) is 3.27. The zero-order valence-electron chi connectivity index (χ0n) is 11.1. The first-order valence-corrected chi connectivity index (χ1v) is 8.06. The van der Waals surface area contributed by atoms with Crippen LogP contribution >= 0.6 is 0 Å². The van der Waals surface area contributed by atoms with E-state index in [4.69, 9.17) is 17.7 Å². The summed E-state index contributed by atoms with van der Waals surface area (Å²) in [6.07, 6.45) is 0.273. The van der Waals surface area contributed by atoms with Crippen molar-refractivity contribution in [1.29, 1.82) is 0 Å². The first-order valence-electron chi connectivity index (χ1n) is 6.42. The van der Waals surface area contributed by atoms with Crippen LogP contribution in [0.25, 0.3) is 0 Å². The van der Waals surface area contributed by atoms with Gasteiger partial charge < -0.3 is 17.7 Å². The number of hydrogen-bond acceptors (Lipinski definition) is 5. The third-order valence-corrected chi connectivity index (χ3v) is 5.62. The summed E-state index contributed by atoms with van der Waals surface area (Å²) in [6, 6.07) is 0. The summed E-state index contributed by atoms with van der Waals surface area (Å²) in [5.41, 5.74) is 0. The fourth-order valence-electron chi connectivity index (χ4n) is 2.53. The SMILES string of the molecule is CCO[Si]12O[C@H](C)CN(C[C@@H](C)O1)C[C@H](C)O2. The quantitative estimate of drug-likeness (QED) is 0.694. The molecule has 0 aromatic rings. The second-order valence-corrected chi connectivity index (χ2v) is 6.93. The highest BCUT2D eigenvalue weighted by Crippen LogP contribution is 2.25. The average Bonchev–Trinajstić information content (AvgIpc) is 2.11. The van der Waals surface area contributed by atoms with Crippen LogP contribution in [0.5, 0.6) is 0 Å². The Morgan fingerprint density at radius 3 is 1.76 bits per heavy atom. The zero-order chi connectivity index (χ0) is 12.5. The summed E-state index contributed by atoms with van der Waals surface area (Å²) in [5, 5.41) is 0. The second-order valence-electron chi connectivity index (χ2n) is 4.94. The molecule has 3 heterocycles. The van der Waals surface area contributed by atoms with Crippen molar-refractivity contribution in [3.8, 4) is 0 Å². The highest BCUT2D eigenvalue weighted by molar-refractivity contribution is 6.53. The Labute approximate surface area is 104 Å². The van der Waals surface area contributed by atoms with E-state index in [0.29, 0.717) is 6.61 Å². The molecule has 0 radical (unpaired) electrons. The lowest BCUT2D eigenvalue weighted by Gasteiger charge is -2.43. The van der Waals surface area contributed by atoms with Gasteiger partial charge in [0, 0.05) is 26.2 Å². The van der Waals surface area contributed by atoms with Crippen molar-refractivity contribution >= 4 is 9.05 Å². The molecule has 17 heavy (non-hydrogen) atoms. The molecule has 0 aliphatic carbocycles. The lowest BCUT2D eigenvalue weighted by Crippen LogP contribution is -2.62. The van der Waals surface area contributed by atoms with Gasteiger partial charge in [0.05, 0.1) is 18.3 Å². The lowest BCUT2D eigenvalue weighted by molar-refractivity contribution is -0.129. The van der Waals surface area contributed by atoms with Crippen LogP contribution in [-0.4, -0.2) is 58.5 Å². The van der Waals surface area contributed by atoms with Gasteiger partial charge in [-0.25, -0.2) is 0 Å². The van der Waals surface area contributed by atoms with Gasteiger partial charge in [0.25, 0.3) is 0 Å². The average molecular weight is 261 g/mol. The van der Waals surface area contributed by atoms with Gasteiger partial charge in [0.1, 0.15) is 0 Å². The molecule has 5 nitrogen and oxygen atoms in total. The first-order chi connectivity index (χ1) is 8.03. The predicted molar refractivity (Wildman–Crippen MR) is 65.5 cm³/mol. The number of hydrogen-bond donors (Lipinski definition) is 0. The van der Waals surface area contributed by atoms with Crippen LogP contribution in [0.1, 0.15) is 27.7 Å². The van der Waals surface area contributed by atoms with Gasteiger partial charge in [-0.1, -0.05) is 0 Å². The van der Waals surface area contributed by atoms with E-state index in [1.807, 2.05) is 27.7 Å². The molecule has 0 aromatic heterocycles. The third-order valence-electron chi connectivity index (χ3n) is 2.90. The van der Waals surface area contributed by atoms with E-state index in [2.05, 4.69) is 4.90 Å². The van der Waals surface area contributed by atoms with Crippen LogP contribution in [-0.2, 0) is 17.7 Å². The van der Waals surface area contributed by atoms with Crippen LogP contribution in [0.2, 0.25) is 0 Å². The van der Waals surface area contributed by atoms with Crippen molar-refractivity contribution in [3.05, 3.63) is 0 Å². The molecule has 3 saturated heterocycles. The molecule has 3 atom stereocenters. The van der Waals surface area contributed by atoms with E-state index in [1.165, 1.54) is 0 Å². The van der Waals surface area contributed by atoms with Crippen LogP contribution in [0, 0.1) is 0 Å². The van der Waals surface area contributed by atoms with Gasteiger partial charge in [0.15, 0.2) is 0 Å². The highest BCUT2D eigenvalue weighted by Gasteiger charge is 2.52. The molecular formula is C11H23NO4Si. The summed E-state index contributed by atoms with van der Waals surface area (Å²) in [4.78, 5) is 2.34. The Bertz CT molecular complexity index is 230. The molecule has 3 aliphatic heterocycles. The lowest BCUT2D eigenvalue weighted by atomic mass is 10.2. The number of fused-ring (bicyclic) bond motifs is 6. The summed E-state index contributed by atoms with van der Waals surface area (Å²) in [5.74, 6) is 0. The topological polar surface area (TPSA) is 40.2 Å². The van der Waals surface area contributed by atoms with Crippen LogP contribution in [0.4, 0.5) is 0 Å². The summed E-state index contributed by atoms with van der Waals surface area (Å²) in [6.45, 7) is 11.4. The van der Waals surface area contributed by atoms with Gasteiger partial charge in [0.2, 0.25) is 0 Å². The molecule has 0 amide bonds. The van der Waals surface area contributed by atoms with E-state index in [-0.39, 0.29) is 18.3 Å². The van der Waals surface area contributed by atoms with Crippen LogP contribution in [0.3, 0.4) is 0 Å². The van der Waals surface area contributed by atoms with E-state index in [9.17, 15) is 0 Å². The zero-order valence-corrected chi connectivity index (χ0v) is 12.1. The minimum absolute atomic E-state index is 0.0909. The fraction of sp³-hybridized carbons (Fsp3) is 1.00. The van der Waals surface area contributed by atoms with Crippen molar-refractivity contribution in [2.24, 2.45) is 0 Å². The molecule has 6 heteroatoms. The maximum Gasteiger partial charge on any atom is 0.680 e. The maximum absolute atomic E-state index is 5.96. The van der Waals surface area contributed by atoms with Crippen LogP contribution in [0.15, 0.2) is 0 Å². The monoisotopic (exact) mass is 261 g/mol. The van der Waals surface area contributed by atoms with Gasteiger partial charge >= 0.3 is 9.05 Å². The van der Waals surface area contributed by atoms with E-state index in [0.717, 1.165) is 19.6 Å². The largest absolute Gasteiger partial charge is 0.680 e. The molecule has 3 fully saturated rings. The molecule has 2 bridgehead atoms. The van der Waals surface area contributed by atoms with Crippen molar-refractivity contribution in [3.63, 3.8) is 0 Å². The van der Waals surface area contributed by atoms with Crippen molar-refractivity contribution in [2.45, 2.75) is 46.0 Å². The van der Waals surface area contributed by atoms with Crippen LogP contribution < -0.4 is 0 Å². The molecule has 0 saturated carbocycles. The fourth-order valence-corrected chi connectivity index (χ4v) is 4.95. The second kappa shape index (κ2) is 5.34. The molecule has 3 rings (SSSR count). The highest BCUT2D eigenvalue weighted by atomic mass is 28.4. The van der Waals surface area contributed by atoms with Gasteiger partial charge in [-0.05, 0) is 27.7 Å². The first kappa shape index (κ1) is 13.4. The van der Waals surface area contributed by atoms with Crippen molar-refractivity contribution in [1.82, 2.24) is 4.90 Å². The Morgan fingerprint density at radius 1 is 1.00 bits per heavy atom.